The van der Waals surface area contributed by atoms with Crippen LogP contribution in [-0.4, -0.2) is 23.9 Å². The second kappa shape index (κ2) is 5.69. The summed E-state index contributed by atoms with van der Waals surface area (Å²) >= 11 is 0. The van der Waals surface area contributed by atoms with Gasteiger partial charge >= 0.3 is 0 Å². The molecular formula is C8H18O2. The Morgan fingerprint density at radius 1 is 1.30 bits per heavy atom. The van der Waals surface area contributed by atoms with Crippen LogP contribution in [0.5, 0.6) is 0 Å². The van der Waals surface area contributed by atoms with Gasteiger partial charge in [0.25, 0.3) is 0 Å². The summed E-state index contributed by atoms with van der Waals surface area (Å²) in [6.45, 7) is 6.59. The molecule has 0 aromatic carbocycles. The van der Waals surface area contributed by atoms with Gasteiger partial charge in [0.2, 0.25) is 0 Å². The molecular weight excluding hydrogens is 128 g/mol. The molecule has 10 heavy (non-hydrogen) atoms. The summed E-state index contributed by atoms with van der Waals surface area (Å²) in [5.74, 6) is 0. The standard InChI is InChI=1S/C8H18O2/c1-4-10-8(3)6-5-7(2)9/h7-9H,4-6H2,1-3H3. The average Bonchev–Trinajstić information content (AvgIpc) is 1.85. The van der Waals surface area contributed by atoms with E-state index in [1.807, 2.05) is 13.8 Å². The summed E-state index contributed by atoms with van der Waals surface area (Å²) in [7, 11) is 0. The van der Waals surface area contributed by atoms with Crippen molar-refractivity contribution in [3.63, 3.8) is 0 Å². The van der Waals surface area contributed by atoms with Gasteiger partial charge in [-0.05, 0) is 33.6 Å². The minimum Gasteiger partial charge on any atom is -0.393 e. The SMILES string of the molecule is CCOC(C)CCC(C)O. The summed E-state index contributed by atoms with van der Waals surface area (Å²) < 4.78 is 5.28. The number of aliphatic hydroxyl groups is 1. The van der Waals surface area contributed by atoms with Crippen LogP contribution in [0.25, 0.3) is 0 Å². The third kappa shape index (κ3) is 6.05. The Kier molecular flexibility index (Phi) is 5.64. The second-order valence-electron chi connectivity index (χ2n) is 2.69. The van der Waals surface area contributed by atoms with Crippen molar-refractivity contribution in [2.75, 3.05) is 6.61 Å². The first-order chi connectivity index (χ1) is 4.66. The van der Waals surface area contributed by atoms with Crippen LogP contribution in [0.1, 0.15) is 33.6 Å². The maximum absolute atomic E-state index is 8.91. The van der Waals surface area contributed by atoms with Crippen molar-refractivity contribution in [1.82, 2.24) is 0 Å². The fourth-order valence-electron chi connectivity index (χ4n) is 0.844. The Hall–Kier alpha value is -0.0800. The normalized spacial score (nSPS) is 16.8. The smallest absolute Gasteiger partial charge is 0.0547 e. The monoisotopic (exact) mass is 146 g/mol. The number of ether oxygens (including phenoxy) is 1. The van der Waals surface area contributed by atoms with Gasteiger partial charge in [-0.25, -0.2) is 0 Å². The highest BCUT2D eigenvalue weighted by Gasteiger charge is 2.02. The molecule has 0 aliphatic carbocycles. The van der Waals surface area contributed by atoms with Crippen molar-refractivity contribution in [3.8, 4) is 0 Å². The van der Waals surface area contributed by atoms with E-state index in [9.17, 15) is 0 Å². The van der Waals surface area contributed by atoms with Crippen molar-refractivity contribution in [2.24, 2.45) is 0 Å². The molecule has 2 heteroatoms. The van der Waals surface area contributed by atoms with Gasteiger partial charge in [-0.15, -0.1) is 0 Å². The predicted molar refractivity (Wildman–Crippen MR) is 42.0 cm³/mol. The van der Waals surface area contributed by atoms with Crippen LogP contribution < -0.4 is 0 Å². The van der Waals surface area contributed by atoms with Crippen LogP contribution in [-0.2, 0) is 4.74 Å². The first-order valence-electron chi connectivity index (χ1n) is 3.96. The highest BCUT2D eigenvalue weighted by atomic mass is 16.5. The molecule has 0 spiro atoms. The van der Waals surface area contributed by atoms with Crippen LogP contribution >= 0.6 is 0 Å². The lowest BCUT2D eigenvalue weighted by molar-refractivity contribution is 0.0570. The first-order valence-corrected chi connectivity index (χ1v) is 3.96. The number of hydrogen-bond acceptors (Lipinski definition) is 2. The minimum absolute atomic E-state index is 0.192. The zero-order chi connectivity index (χ0) is 7.98. The molecule has 0 amide bonds. The van der Waals surface area contributed by atoms with Crippen molar-refractivity contribution >= 4 is 0 Å². The molecule has 1 N–H and O–H groups in total. The van der Waals surface area contributed by atoms with E-state index in [2.05, 4.69) is 0 Å². The molecule has 0 aromatic rings. The van der Waals surface area contributed by atoms with Crippen LogP contribution in [0.2, 0.25) is 0 Å². The number of aliphatic hydroxyl groups excluding tert-OH is 1. The van der Waals surface area contributed by atoms with Gasteiger partial charge in [-0.3, -0.25) is 0 Å². The molecule has 0 rings (SSSR count). The van der Waals surface area contributed by atoms with Gasteiger partial charge in [0.05, 0.1) is 12.2 Å². The summed E-state index contributed by atoms with van der Waals surface area (Å²) in [6, 6.07) is 0. The van der Waals surface area contributed by atoms with Crippen molar-refractivity contribution in [1.29, 1.82) is 0 Å². The van der Waals surface area contributed by atoms with Gasteiger partial charge in [0, 0.05) is 6.61 Å². The fourth-order valence-corrected chi connectivity index (χ4v) is 0.844. The van der Waals surface area contributed by atoms with Crippen LogP contribution in [0, 0.1) is 0 Å². The largest absolute Gasteiger partial charge is 0.393 e. The molecule has 0 radical (unpaired) electrons. The number of hydrogen-bond donors (Lipinski definition) is 1. The molecule has 0 aliphatic heterocycles. The Morgan fingerprint density at radius 2 is 1.90 bits per heavy atom. The van der Waals surface area contributed by atoms with Gasteiger partial charge in [0.1, 0.15) is 0 Å². The summed E-state index contributed by atoms with van der Waals surface area (Å²) in [6.07, 6.45) is 1.88. The van der Waals surface area contributed by atoms with Crippen molar-refractivity contribution in [2.45, 2.75) is 45.8 Å². The third-order valence-electron chi connectivity index (χ3n) is 1.44. The predicted octanol–water partition coefficient (Wildman–Crippen LogP) is 1.57. The maximum Gasteiger partial charge on any atom is 0.0547 e. The Balaban J connectivity index is 3.12. The highest BCUT2D eigenvalue weighted by Crippen LogP contribution is 2.03. The molecule has 0 aliphatic rings. The molecule has 2 nitrogen and oxygen atoms in total. The lowest BCUT2D eigenvalue weighted by Crippen LogP contribution is -2.11. The molecule has 62 valence electrons. The minimum atomic E-state index is -0.192. The van der Waals surface area contributed by atoms with Gasteiger partial charge in [-0.1, -0.05) is 0 Å². The van der Waals surface area contributed by atoms with E-state index in [1.165, 1.54) is 0 Å². The fraction of sp³-hybridized carbons (Fsp3) is 1.00. The lowest BCUT2D eigenvalue weighted by atomic mass is 10.1. The van der Waals surface area contributed by atoms with Crippen molar-refractivity contribution < 1.29 is 9.84 Å². The van der Waals surface area contributed by atoms with E-state index in [1.54, 1.807) is 6.92 Å². The van der Waals surface area contributed by atoms with Gasteiger partial charge in [-0.2, -0.15) is 0 Å². The van der Waals surface area contributed by atoms with Crippen molar-refractivity contribution in [3.05, 3.63) is 0 Å². The first kappa shape index (κ1) is 9.92. The van der Waals surface area contributed by atoms with E-state index >= 15 is 0 Å². The maximum atomic E-state index is 8.91. The summed E-state index contributed by atoms with van der Waals surface area (Å²) in [4.78, 5) is 0. The third-order valence-corrected chi connectivity index (χ3v) is 1.44. The second-order valence-corrected chi connectivity index (χ2v) is 2.69. The highest BCUT2D eigenvalue weighted by molar-refractivity contribution is 4.53. The van der Waals surface area contributed by atoms with Crippen LogP contribution in [0.15, 0.2) is 0 Å². The molecule has 0 saturated carbocycles. The molecule has 0 fully saturated rings. The van der Waals surface area contributed by atoms with Crippen LogP contribution in [0.3, 0.4) is 0 Å². The zero-order valence-corrected chi connectivity index (χ0v) is 7.13. The summed E-state index contributed by atoms with van der Waals surface area (Å²) in [5.41, 5.74) is 0. The van der Waals surface area contributed by atoms with E-state index < -0.39 is 0 Å². The van der Waals surface area contributed by atoms with Gasteiger partial charge < -0.3 is 9.84 Å². The molecule has 0 bridgehead atoms. The van der Waals surface area contributed by atoms with E-state index in [0.29, 0.717) is 6.10 Å². The molecule has 0 aromatic heterocycles. The number of rotatable bonds is 5. The Bertz CT molecular complexity index is 71.7. The Labute approximate surface area is 63.2 Å². The molecule has 2 unspecified atom stereocenters. The van der Waals surface area contributed by atoms with E-state index in [-0.39, 0.29) is 6.10 Å². The topological polar surface area (TPSA) is 29.5 Å². The van der Waals surface area contributed by atoms with Crippen LogP contribution in [0.4, 0.5) is 0 Å². The molecule has 0 heterocycles. The quantitative estimate of drug-likeness (QED) is 0.638. The van der Waals surface area contributed by atoms with E-state index in [0.717, 1.165) is 19.4 Å². The zero-order valence-electron chi connectivity index (χ0n) is 7.13. The molecule has 2 atom stereocenters. The summed E-state index contributed by atoms with van der Waals surface area (Å²) in [5, 5.41) is 8.91. The Morgan fingerprint density at radius 3 is 2.30 bits per heavy atom. The molecule has 0 saturated heterocycles. The average molecular weight is 146 g/mol. The van der Waals surface area contributed by atoms with Gasteiger partial charge in [0.15, 0.2) is 0 Å². The lowest BCUT2D eigenvalue weighted by Gasteiger charge is -2.11. The van der Waals surface area contributed by atoms with E-state index in [4.69, 9.17) is 9.84 Å².